The Kier molecular flexibility index (Phi) is 5.58. The van der Waals surface area contributed by atoms with Gasteiger partial charge in [0, 0.05) is 5.92 Å². The highest BCUT2D eigenvalue weighted by atomic mass is 16.7. The maximum absolute atomic E-state index is 11.2. The fraction of sp³-hybridized carbons (Fsp3) is 0.941. The molecule has 0 aromatic rings. The quantitative estimate of drug-likeness (QED) is 0.746. The molecule has 3 rings (SSSR count). The van der Waals surface area contributed by atoms with E-state index in [-0.39, 0.29) is 12.4 Å². The average Bonchev–Trinajstić information content (AvgIpc) is 3.10. The van der Waals surface area contributed by atoms with Crippen LogP contribution in [-0.2, 0) is 18.9 Å². The van der Waals surface area contributed by atoms with Crippen molar-refractivity contribution >= 4 is 6.16 Å². The van der Waals surface area contributed by atoms with E-state index in [9.17, 15) is 4.79 Å². The zero-order valence-electron chi connectivity index (χ0n) is 13.5. The number of rotatable bonds is 3. The smallest absolute Gasteiger partial charge is 0.438 e. The molecule has 0 aromatic heterocycles. The number of methoxy groups -OCH3 is 1. The highest BCUT2D eigenvalue weighted by Gasteiger charge is 2.35. The van der Waals surface area contributed by atoms with Crippen LogP contribution in [0.3, 0.4) is 0 Å². The van der Waals surface area contributed by atoms with Gasteiger partial charge in [0.2, 0.25) is 0 Å². The molecule has 0 atom stereocenters. The van der Waals surface area contributed by atoms with Crippen molar-refractivity contribution in [2.24, 2.45) is 17.8 Å². The summed E-state index contributed by atoms with van der Waals surface area (Å²) in [6.07, 6.45) is 8.93. The summed E-state index contributed by atoms with van der Waals surface area (Å²) in [5.74, 6) is 2.22. The van der Waals surface area contributed by atoms with Crippen LogP contribution < -0.4 is 0 Å². The van der Waals surface area contributed by atoms with Crippen LogP contribution in [0.4, 0.5) is 4.79 Å². The van der Waals surface area contributed by atoms with Gasteiger partial charge in [0.15, 0.2) is 6.29 Å². The Morgan fingerprint density at radius 2 is 1.32 bits per heavy atom. The predicted octanol–water partition coefficient (Wildman–Crippen LogP) is 3.51. The van der Waals surface area contributed by atoms with Gasteiger partial charge in [-0.15, -0.1) is 0 Å². The molecule has 3 fully saturated rings. The van der Waals surface area contributed by atoms with Crippen molar-refractivity contribution < 1.29 is 23.7 Å². The van der Waals surface area contributed by atoms with Gasteiger partial charge in [-0.3, -0.25) is 0 Å². The van der Waals surface area contributed by atoms with Crippen molar-refractivity contribution in [2.75, 3.05) is 20.3 Å². The van der Waals surface area contributed by atoms with Gasteiger partial charge >= 0.3 is 6.16 Å². The van der Waals surface area contributed by atoms with Gasteiger partial charge in [-0.1, -0.05) is 0 Å². The van der Waals surface area contributed by atoms with Crippen LogP contribution in [0, 0.1) is 17.8 Å². The van der Waals surface area contributed by atoms with E-state index in [1.807, 2.05) is 0 Å². The first kappa shape index (κ1) is 16.1. The van der Waals surface area contributed by atoms with Crippen LogP contribution in [0.1, 0.15) is 51.4 Å². The Morgan fingerprint density at radius 1 is 0.818 bits per heavy atom. The lowest BCUT2D eigenvalue weighted by molar-refractivity contribution is -0.0976. The number of hydrogen-bond donors (Lipinski definition) is 0. The van der Waals surface area contributed by atoms with Crippen molar-refractivity contribution in [1.82, 2.24) is 0 Å². The second-order valence-electron chi connectivity index (χ2n) is 6.89. The molecular weight excluding hydrogens is 284 g/mol. The Hall–Kier alpha value is -0.810. The Morgan fingerprint density at radius 3 is 1.86 bits per heavy atom. The molecule has 0 amide bonds. The standard InChI is InChI=1S/C17H28O5/c1-19-17(18)22-15-8-6-13(7-9-15)12-2-4-14(5-3-12)16-20-10-11-21-16/h12-16H,2-11H2,1H3/t12?,13-,14?,15-. The molecule has 3 aliphatic rings. The van der Waals surface area contributed by atoms with Crippen LogP contribution in [0.25, 0.3) is 0 Å². The molecule has 2 aliphatic carbocycles. The summed E-state index contributed by atoms with van der Waals surface area (Å²) in [7, 11) is 1.37. The van der Waals surface area contributed by atoms with Crippen molar-refractivity contribution in [3.63, 3.8) is 0 Å². The van der Waals surface area contributed by atoms with Gasteiger partial charge in [0.05, 0.1) is 20.3 Å². The molecule has 0 bridgehead atoms. The van der Waals surface area contributed by atoms with E-state index in [0.29, 0.717) is 5.92 Å². The summed E-state index contributed by atoms with van der Waals surface area (Å²) in [4.78, 5) is 11.2. The minimum Gasteiger partial charge on any atom is -0.438 e. The third kappa shape index (κ3) is 3.93. The first-order chi connectivity index (χ1) is 10.8. The van der Waals surface area contributed by atoms with Crippen LogP contribution in [0.15, 0.2) is 0 Å². The lowest BCUT2D eigenvalue weighted by Crippen LogP contribution is -2.32. The van der Waals surface area contributed by atoms with Gasteiger partial charge in [-0.05, 0) is 63.2 Å². The first-order valence-corrected chi connectivity index (χ1v) is 8.74. The zero-order chi connectivity index (χ0) is 15.4. The third-order valence-corrected chi connectivity index (χ3v) is 5.66. The molecule has 22 heavy (non-hydrogen) atoms. The molecule has 2 saturated carbocycles. The van der Waals surface area contributed by atoms with E-state index in [0.717, 1.165) is 37.9 Å². The number of carbonyl (C=O) groups is 1. The molecule has 1 saturated heterocycles. The van der Waals surface area contributed by atoms with E-state index >= 15 is 0 Å². The second-order valence-corrected chi connectivity index (χ2v) is 6.89. The van der Waals surface area contributed by atoms with Crippen molar-refractivity contribution in [1.29, 1.82) is 0 Å². The van der Waals surface area contributed by atoms with Crippen molar-refractivity contribution in [3.05, 3.63) is 0 Å². The third-order valence-electron chi connectivity index (χ3n) is 5.66. The molecule has 126 valence electrons. The number of hydrogen-bond acceptors (Lipinski definition) is 5. The maximum Gasteiger partial charge on any atom is 0.508 e. The number of ether oxygens (including phenoxy) is 4. The monoisotopic (exact) mass is 312 g/mol. The first-order valence-electron chi connectivity index (χ1n) is 8.74. The molecule has 0 radical (unpaired) electrons. The summed E-state index contributed by atoms with van der Waals surface area (Å²) in [5, 5.41) is 0. The van der Waals surface area contributed by atoms with E-state index in [2.05, 4.69) is 4.74 Å². The fourth-order valence-electron chi connectivity index (χ4n) is 4.40. The minimum atomic E-state index is -0.541. The normalized spacial score (nSPS) is 37.0. The van der Waals surface area contributed by atoms with E-state index < -0.39 is 6.16 Å². The zero-order valence-corrected chi connectivity index (χ0v) is 13.5. The molecule has 0 aromatic carbocycles. The summed E-state index contributed by atoms with van der Waals surface area (Å²) >= 11 is 0. The van der Waals surface area contributed by atoms with Crippen LogP contribution in [0.2, 0.25) is 0 Å². The molecule has 5 nitrogen and oxygen atoms in total. The van der Waals surface area contributed by atoms with Crippen molar-refractivity contribution in [3.8, 4) is 0 Å². The van der Waals surface area contributed by atoms with E-state index in [4.69, 9.17) is 14.2 Å². The van der Waals surface area contributed by atoms with Gasteiger partial charge in [0.1, 0.15) is 6.10 Å². The lowest BCUT2D eigenvalue weighted by Gasteiger charge is -2.38. The summed E-state index contributed by atoms with van der Waals surface area (Å²) in [5.41, 5.74) is 0. The van der Waals surface area contributed by atoms with E-state index in [1.165, 1.54) is 45.6 Å². The maximum atomic E-state index is 11.2. The number of carbonyl (C=O) groups excluding carboxylic acids is 1. The molecule has 1 heterocycles. The van der Waals surface area contributed by atoms with E-state index in [1.54, 1.807) is 0 Å². The Bertz CT molecular complexity index is 350. The Labute approximate surface area is 132 Å². The highest BCUT2D eigenvalue weighted by molar-refractivity contribution is 5.59. The average molecular weight is 312 g/mol. The summed E-state index contributed by atoms with van der Waals surface area (Å²) in [6.45, 7) is 1.52. The van der Waals surface area contributed by atoms with Crippen LogP contribution in [-0.4, -0.2) is 38.9 Å². The highest BCUT2D eigenvalue weighted by Crippen LogP contribution is 2.42. The van der Waals surface area contributed by atoms with Gasteiger partial charge in [-0.25, -0.2) is 4.79 Å². The van der Waals surface area contributed by atoms with Crippen LogP contribution >= 0.6 is 0 Å². The molecule has 0 N–H and O–H groups in total. The Balaban J connectivity index is 1.38. The van der Waals surface area contributed by atoms with Gasteiger partial charge < -0.3 is 18.9 Å². The SMILES string of the molecule is COC(=O)O[C@H]1CC[C@H](C2CCC(C3OCCO3)CC2)CC1. The summed E-state index contributed by atoms with van der Waals surface area (Å²) in [6, 6.07) is 0. The lowest BCUT2D eigenvalue weighted by atomic mass is 9.70. The minimum absolute atomic E-state index is 0.0559. The predicted molar refractivity (Wildman–Crippen MR) is 80.4 cm³/mol. The molecule has 0 spiro atoms. The largest absolute Gasteiger partial charge is 0.508 e. The molecule has 0 unspecified atom stereocenters. The van der Waals surface area contributed by atoms with Gasteiger partial charge in [-0.2, -0.15) is 0 Å². The molecular formula is C17H28O5. The summed E-state index contributed by atoms with van der Waals surface area (Å²) < 4.78 is 21.1. The molecule has 5 heteroatoms. The van der Waals surface area contributed by atoms with Gasteiger partial charge in [0.25, 0.3) is 0 Å². The van der Waals surface area contributed by atoms with Crippen LogP contribution in [0.5, 0.6) is 0 Å². The topological polar surface area (TPSA) is 54.0 Å². The second kappa shape index (κ2) is 7.64. The fourth-order valence-corrected chi connectivity index (χ4v) is 4.40. The molecule has 1 aliphatic heterocycles. The van der Waals surface area contributed by atoms with Crippen molar-refractivity contribution in [2.45, 2.75) is 63.8 Å².